The van der Waals surface area contributed by atoms with E-state index < -0.39 is 0 Å². The third-order valence-electron chi connectivity index (χ3n) is 15.6. The van der Waals surface area contributed by atoms with Crippen LogP contribution in [0.5, 0.6) is 0 Å². The minimum absolute atomic E-state index is 0.0113. The van der Waals surface area contributed by atoms with E-state index in [1.807, 2.05) is 0 Å². The highest BCUT2D eigenvalue weighted by molar-refractivity contribution is 5.84. The molecule has 5 heteroatoms. The Balaban J connectivity index is 1.39. The van der Waals surface area contributed by atoms with Crippen LogP contribution >= 0.6 is 0 Å². The van der Waals surface area contributed by atoms with Crippen LogP contribution < -0.4 is 11.1 Å². The lowest BCUT2D eigenvalue weighted by atomic mass is 9.33. The molecule has 5 nitrogen and oxygen atoms in total. The van der Waals surface area contributed by atoms with Crippen molar-refractivity contribution in [2.75, 3.05) is 13.1 Å². The van der Waals surface area contributed by atoms with Gasteiger partial charge in [-0.25, -0.2) is 0 Å². The van der Waals surface area contributed by atoms with E-state index >= 15 is 0 Å². The highest BCUT2D eigenvalue weighted by atomic mass is 16.5. The summed E-state index contributed by atoms with van der Waals surface area (Å²) in [5.41, 5.74) is 7.56. The van der Waals surface area contributed by atoms with Crippen molar-refractivity contribution >= 4 is 11.9 Å². The van der Waals surface area contributed by atoms with Gasteiger partial charge >= 0.3 is 5.97 Å². The summed E-state index contributed by atoms with van der Waals surface area (Å²) in [5, 5.41) is 3.50. The minimum Gasteiger partial charge on any atom is -0.462 e. The Morgan fingerprint density at radius 2 is 1.56 bits per heavy atom. The second-order valence-electron chi connectivity index (χ2n) is 17.9. The number of esters is 1. The number of ether oxygens (including phenoxy) is 1. The van der Waals surface area contributed by atoms with Crippen LogP contribution in [0, 0.1) is 56.7 Å². The highest BCUT2D eigenvalue weighted by Gasteiger charge is 2.69. The van der Waals surface area contributed by atoms with E-state index in [2.05, 4.69) is 59.9 Å². The number of hydrogen-bond acceptors (Lipinski definition) is 4. The summed E-state index contributed by atoms with van der Waals surface area (Å²) in [4.78, 5) is 26.4. The highest BCUT2D eigenvalue weighted by Crippen LogP contribution is 2.75. The number of hydrogen-bond donors (Lipinski definition) is 2. The Morgan fingerprint density at radius 3 is 2.24 bits per heavy atom. The zero-order valence-corrected chi connectivity index (χ0v) is 30.4. The molecule has 0 aromatic carbocycles. The number of allylic oxidation sites excluding steroid dienone is 2. The predicted octanol–water partition coefficient (Wildman–Crippen LogP) is 8.99. The Hall–Kier alpha value is -1.36. The number of nitrogens with one attached hydrogen (secondary N) is 1. The quantitative estimate of drug-likeness (QED) is 0.144. The molecule has 0 aromatic rings. The van der Waals surface area contributed by atoms with Gasteiger partial charge in [0.05, 0.1) is 5.41 Å². The van der Waals surface area contributed by atoms with Crippen LogP contribution in [0.1, 0.15) is 152 Å². The van der Waals surface area contributed by atoms with Gasteiger partial charge in [0.2, 0.25) is 5.91 Å². The fourth-order valence-electron chi connectivity index (χ4n) is 12.6. The molecule has 0 heterocycles. The number of carbonyl (C=O) groups excluding carboxylic acids is 2. The van der Waals surface area contributed by atoms with Gasteiger partial charge in [-0.05, 0) is 123 Å². The molecule has 4 fully saturated rings. The third-order valence-corrected chi connectivity index (χ3v) is 15.6. The number of fused-ring (bicyclic) bond motifs is 7. The van der Waals surface area contributed by atoms with E-state index in [4.69, 9.17) is 10.5 Å². The molecule has 0 spiro atoms. The molecule has 5 aliphatic rings. The van der Waals surface area contributed by atoms with Crippen molar-refractivity contribution in [1.82, 2.24) is 5.32 Å². The molecule has 0 aliphatic heterocycles. The molecule has 0 unspecified atom stereocenters. The topological polar surface area (TPSA) is 81.4 Å². The van der Waals surface area contributed by atoms with Crippen LogP contribution in [-0.4, -0.2) is 31.1 Å². The molecule has 0 aromatic heterocycles. The molecule has 3 N–H and O–H groups in total. The maximum absolute atomic E-state index is 14.4. The van der Waals surface area contributed by atoms with Crippen LogP contribution in [-0.2, 0) is 14.3 Å². The molecular weight excluding hydrogens is 556 g/mol. The number of unbranched alkanes of at least 4 members (excludes halogenated alkanes) is 5. The number of nitrogens with two attached hydrogens (primary N) is 1. The van der Waals surface area contributed by atoms with Crippen molar-refractivity contribution in [2.24, 2.45) is 62.4 Å². The summed E-state index contributed by atoms with van der Waals surface area (Å²) >= 11 is 0. The van der Waals surface area contributed by atoms with Gasteiger partial charge in [0.25, 0.3) is 0 Å². The first-order valence-corrected chi connectivity index (χ1v) is 19.0. The van der Waals surface area contributed by atoms with E-state index in [0.29, 0.717) is 35.5 Å². The summed E-state index contributed by atoms with van der Waals surface area (Å²) in [7, 11) is 0. The van der Waals surface area contributed by atoms with Crippen LogP contribution in [0.4, 0.5) is 0 Å². The van der Waals surface area contributed by atoms with Crippen LogP contribution in [0.15, 0.2) is 11.6 Å². The first-order chi connectivity index (χ1) is 21.2. The molecule has 256 valence electrons. The summed E-state index contributed by atoms with van der Waals surface area (Å²) in [6.45, 7) is 20.7. The maximum Gasteiger partial charge on any atom is 0.302 e. The SMILES string of the molecule is CC(=O)O[C@H]1CC[C@]2(C)[C@H]3CC=C4[C@@H]5[C@@H](C)[C@H](C)CC[C@]5(C(=O)NCCCCCCCCN)CC[C@@]4(C)[C@]3(C)CC[C@H]2C1(C)C. The number of rotatable bonds is 10. The van der Waals surface area contributed by atoms with Gasteiger partial charge < -0.3 is 15.8 Å². The molecule has 0 radical (unpaired) electrons. The first-order valence-electron chi connectivity index (χ1n) is 19.0. The fraction of sp³-hybridized carbons (Fsp3) is 0.900. The predicted molar refractivity (Wildman–Crippen MR) is 184 cm³/mol. The lowest BCUT2D eigenvalue weighted by molar-refractivity contribution is -0.212. The smallest absolute Gasteiger partial charge is 0.302 e. The van der Waals surface area contributed by atoms with Gasteiger partial charge in [0.15, 0.2) is 0 Å². The van der Waals surface area contributed by atoms with Crippen LogP contribution in [0.25, 0.3) is 0 Å². The molecule has 0 saturated heterocycles. The number of amides is 1. The minimum atomic E-state index is -0.257. The van der Waals surface area contributed by atoms with Crippen LogP contribution in [0.3, 0.4) is 0 Å². The van der Waals surface area contributed by atoms with Crippen molar-refractivity contribution in [3.63, 3.8) is 0 Å². The van der Waals surface area contributed by atoms with Crippen LogP contribution in [0.2, 0.25) is 0 Å². The van der Waals surface area contributed by atoms with E-state index in [0.717, 1.165) is 70.9 Å². The molecule has 0 bridgehead atoms. The summed E-state index contributed by atoms with van der Waals surface area (Å²) in [5.74, 6) is 2.87. The van der Waals surface area contributed by atoms with Crippen molar-refractivity contribution in [2.45, 2.75) is 158 Å². The molecule has 5 aliphatic carbocycles. The standard InChI is InChI=1S/C40H68N2O3/c1-27-17-22-40(35(44)42-26-14-12-10-9-11-13-25-41)24-23-38(7)30(34(40)28(27)2)15-16-32-37(6)20-19-33(45-29(3)43)36(4,5)31(37)18-21-39(32,38)8/h15,27-28,31-34H,9-14,16-26,41H2,1-8H3,(H,42,44)/t27-,28+,31+,32-,33+,34+,37+,38-,39-,40+/m1/s1. The summed E-state index contributed by atoms with van der Waals surface area (Å²) in [6.07, 6.45) is 19.8. The molecular formula is C40H68N2O3. The van der Waals surface area contributed by atoms with Crippen molar-refractivity contribution in [3.05, 3.63) is 11.6 Å². The summed E-state index contributed by atoms with van der Waals surface area (Å²) < 4.78 is 5.95. The average molecular weight is 625 g/mol. The zero-order chi connectivity index (χ0) is 32.8. The van der Waals surface area contributed by atoms with Crippen molar-refractivity contribution in [3.8, 4) is 0 Å². The lowest BCUT2D eigenvalue weighted by Crippen LogP contribution is -2.66. The van der Waals surface area contributed by atoms with E-state index in [9.17, 15) is 9.59 Å². The molecule has 5 rings (SSSR count). The van der Waals surface area contributed by atoms with Gasteiger partial charge in [-0.2, -0.15) is 0 Å². The first kappa shape index (κ1) is 35.0. The largest absolute Gasteiger partial charge is 0.462 e. The Bertz CT molecular complexity index is 1130. The third kappa shape index (κ3) is 5.65. The van der Waals surface area contributed by atoms with Gasteiger partial charge in [-0.3, -0.25) is 9.59 Å². The Kier molecular flexibility index (Phi) is 10.0. The Labute approximate surface area is 276 Å². The average Bonchev–Trinajstić information content (AvgIpc) is 2.98. The number of carbonyl (C=O) groups is 2. The molecule has 4 saturated carbocycles. The van der Waals surface area contributed by atoms with Crippen molar-refractivity contribution < 1.29 is 14.3 Å². The molecule has 45 heavy (non-hydrogen) atoms. The maximum atomic E-state index is 14.4. The van der Waals surface area contributed by atoms with Gasteiger partial charge in [-0.15, -0.1) is 0 Å². The van der Waals surface area contributed by atoms with E-state index in [-0.39, 0.29) is 39.1 Å². The molecule has 1 amide bonds. The Morgan fingerprint density at radius 1 is 0.867 bits per heavy atom. The van der Waals surface area contributed by atoms with Gasteiger partial charge in [0.1, 0.15) is 6.10 Å². The second kappa shape index (κ2) is 12.9. The lowest BCUT2D eigenvalue weighted by Gasteiger charge is -2.71. The van der Waals surface area contributed by atoms with Crippen molar-refractivity contribution in [1.29, 1.82) is 0 Å². The van der Waals surface area contributed by atoms with E-state index in [1.54, 1.807) is 12.5 Å². The fourth-order valence-corrected chi connectivity index (χ4v) is 12.6. The van der Waals surface area contributed by atoms with Gasteiger partial charge in [-0.1, -0.05) is 85.8 Å². The monoisotopic (exact) mass is 625 g/mol. The second-order valence-corrected chi connectivity index (χ2v) is 17.9. The van der Waals surface area contributed by atoms with E-state index in [1.165, 1.54) is 38.5 Å². The molecule has 10 atom stereocenters. The zero-order valence-electron chi connectivity index (χ0n) is 30.4. The normalized spacial score (nSPS) is 43.5. The van der Waals surface area contributed by atoms with Gasteiger partial charge in [0, 0.05) is 18.9 Å². The summed E-state index contributed by atoms with van der Waals surface area (Å²) in [6, 6.07) is 0.